The zero-order valence-electron chi connectivity index (χ0n) is 13.7. The molecule has 4 rings (SSSR count). The molecule has 2 aliphatic heterocycles. The third-order valence-corrected chi connectivity index (χ3v) is 5.01. The molecule has 6 nitrogen and oxygen atoms in total. The van der Waals surface area contributed by atoms with Gasteiger partial charge < -0.3 is 4.90 Å². The van der Waals surface area contributed by atoms with Crippen molar-refractivity contribution in [2.45, 2.75) is 19.0 Å². The minimum atomic E-state index is -0.208. The van der Waals surface area contributed by atoms with Crippen LogP contribution in [0.2, 0.25) is 0 Å². The summed E-state index contributed by atoms with van der Waals surface area (Å²) in [4.78, 5) is 28.1. The molecule has 24 heavy (non-hydrogen) atoms. The SMILES string of the molecule is Cn1nc(C(=O)N2CC(N3CCc4ccccc4C3)C2)ccc1=O. The molecule has 0 aliphatic carbocycles. The van der Waals surface area contributed by atoms with Crippen molar-refractivity contribution in [1.82, 2.24) is 19.6 Å². The standard InChI is InChI=1S/C18H20N4O2/c1-20-17(23)7-6-16(19-20)18(24)22-11-15(12-22)21-9-8-13-4-2-3-5-14(13)10-21/h2-7,15H,8-12H2,1H3. The Kier molecular flexibility index (Phi) is 3.69. The van der Waals surface area contributed by atoms with Gasteiger partial charge >= 0.3 is 0 Å². The molecule has 6 heteroatoms. The topological polar surface area (TPSA) is 58.4 Å². The number of amides is 1. The number of carbonyl (C=O) groups excluding carboxylic acids is 1. The van der Waals surface area contributed by atoms with Gasteiger partial charge in [0.25, 0.3) is 11.5 Å². The number of aryl methyl sites for hydroxylation is 1. The van der Waals surface area contributed by atoms with Crippen LogP contribution in [0.25, 0.3) is 0 Å². The van der Waals surface area contributed by atoms with Gasteiger partial charge in [0.05, 0.1) is 0 Å². The van der Waals surface area contributed by atoms with Crippen LogP contribution < -0.4 is 5.56 Å². The van der Waals surface area contributed by atoms with Crippen molar-refractivity contribution in [3.05, 3.63) is 63.6 Å². The van der Waals surface area contributed by atoms with E-state index in [9.17, 15) is 9.59 Å². The van der Waals surface area contributed by atoms with Crippen molar-refractivity contribution in [3.63, 3.8) is 0 Å². The molecule has 3 heterocycles. The Bertz CT molecular complexity index is 839. The molecule has 0 unspecified atom stereocenters. The molecule has 1 fully saturated rings. The van der Waals surface area contributed by atoms with Gasteiger partial charge in [-0.3, -0.25) is 14.5 Å². The maximum atomic E-state index is 12.4. The summed E-state index contributed by atoms with van der Waals surface area (Å²) in [6.07, 6.45) is 1.07. The summed E-state index contributed by atoms with van der Waals surface area (Å²) in [6, 6.07) is 11.9. The first-order chi connectivity index (χ1) is 11.6. The second kappa shape index (κ2) is 5.87. The highest BCUT2D eigenvalue weighted by Gasteiger charge is 2.36. The highest BCUT2D eigenvalue weighted by Crippen LogP contribution is 2.24. The zero-order chi connectivity index (χ0) is 16.7. The van der Waals surface area contributed by atoms with E-state index in [4.69, 9.17) is 0 Å². The minimum absolute atomic E-state index is 0.0979. The van der Waals surface area contributed by atoms with Crippen molar-refractivity contribution in [1.29, 1.82) is 0 Å². The van der Waals surface area contributed by atoms with Gasteiger partial charge in [0.1, 0.15) is 5.69 Å². The fourth-order valence-corrected chi connectivity index (χ4v) is 3.46. The third kappa shape index (κ3) is 2.63. The van der Waals surface area contributed by atoms with E-state index in [0.717, 1.165) is 32.6 Å². The normalized spacial score (nSPS) is 18.1. The maximum Gasteiger partial charge on any atom is 0.274 e. The smallest absolute Gasteiger partial charge is 0.274 e. The molecule has 0 saturated carbocycles. The second-order valence-electron chi connectivity index (χ2n) is 6.53. The number of fused-ring (bicyclic) bond motifs is 1. The Morgan fingerprint density at radius 2 is 1.88 bits per heavy atom. The predicted molar refractivity (Wildman–Crippen MR) is 89.7 cm³/mol. The van der Waals surface area contributed by atoms with Crippen LogP contribution in [0.5, 0.6) is 0 Å². The molecule has 1 aromatic heterocycles. The van der Waals surface area contributed by atoms with Crippen LogP contribution in [-0.4, -0.2) is 51.2 Å². The van der Waals surface area contributed by atoms with E-state index in [2.05, 4.69) is 34.3 Å². The molecule has 0 N–H and O–H groups in total. The van der Waals surface area contributed by atoms with E-state index in [0.29, 0.717) is 11.7 Å². The number of benzene rings is 1. The van der Waals surface area contributed by atoms with Gasteiger partial charge in [-0.1, -0.05) is 24.3 Å². The Morgan fingerprint density at radius 1 is 1.12 bits per heavy atom. The Balaban J connectivity index is 1.39. The molecular formula is C18H20N4O2. The van der Waals surface area contributed by atoms with Crippen LogP contribution in [-0.2, 0) is 20.0 Å². The first kappa shape index (κ1) is 15.1. The number of rotatable bonds is 2. The van der Waals surface area contributed by atoms with Crippen molar-refractivity contribution in [2.75, 3.05) is 19.6 Å². The average molecular weight is 324 g/mol. The van der Waals surface area contributed by atoms with Crippen molar-refractivity contribution < 1.29 is 4.79 Å². The fraction of sp³-hybridized carbons (Fsp3) is 0.389. The predicted octanol–water partition coefficient (Wildman–Crippen LogP) is 0.663. The lowest BCUT2D eigenvalue weighted by atomic mass is 9.96. The fourth-order valence-electron chi connectivity index (χ4n) is 3.46. The first-order valence-corrected chi connectivity index (χ1v) is 8.26. The van der Waals surface area contributed by atoms with Crippen LogP contribution in [0.4, 0.5) is 0 Å². The number of likely N-dealkylation sites (tertiary alicyclic amines) is 1. The van der Waals surface area contributed by atoms with Crippen LogP contribution in [0.3, 0.4) is 0 Å². The van der Waals surface area contributed by atoms with Crippen LogP contribution in [0, 0.1) is 0 Å². The molecular weight excluding hydrogens is 304 g/mol. The number of hydrogen-bond donors (Lipinski definition) is 0. The molecule has 1 aromatic carbocycles. The molecule has 124 valence electrons. The van der Waals surface area contributed by atoms with Gasteiger partial charge in [0.2, 0.25) is 0 Å². The maximum absolute atomic E-state index is 12.4. The first-order valence-electron chi connectivity index (χ1n) is 8.26. The lowest BCUT2D eigenvalue weighted by molar-refractivity contribution is 0.0212. The molecule has 2 aromatic rings. The molecule has 0 atom stereocenters. The minimum Gasteiger partial charge on any atom is -0.334 e. The van der Waals surface area contributed by atoms with E-state index in [1.165, 1.54) is 27.9 Å². The summed E-state index contributed by atoms with van der Waals surface area (Å²) >= 11 is 0. The second-order valence-corrected chi connectivity index (χ2v) is 6.53. The summed E-state index contributed by atoms with van der Waals surface area (Å²) in [5.41, 5.74) is 2.96. The summed E-state index contributed by atoms with van der Waals surface area (Å²) in [7, 11) is 1.56. The van der Waals surface area contributed by atoms with Crippen LogP contribution in [0.1, 0.15) is 21.6 Å². The zero-order valence-corrected chi connectivity index (χ0v) is 13.7. The van der Waals surface area contributed by atoms with E-state index >= 15 is 0 Å². The highest BCUT2D eigenvalue weighted by atomic mass is 16.2. The third-order valence-electron chi connectivity index (χ3n) is 5.01. The molecule has 1 amide bonds. The van der Waals surface area contributed by atoms with E-state index < -0.39 is 0 Å². The summed E-state index contributed by atoms with van der Waals surface area (Å²) in [6.45, 7) is 3.46. The number of nitrogens with zero attached hydrogens (tertiary/aromatic N) is 4. The number of carbonyl (C=O) groups is 1. The molecule has 0 radical (unpaired) electrons. The van der Waals surface area contributed by atoms with Gasteiger partial charge in [-0.15, -0.1) is 0 Å². The molecule has 0 bridgehead atoms. The quantitative estimate of drug-likeness (QED) is 0.814. The summed E-state index contributed by atoms with van der Waals surface area (Å²) in [5, 5.41) is 4.04. The Labute approximate surface area is 140 Å². The van der Waals surface area contributed by atoms with Gasteiger partial charge in [-0.25, -0.2) is 4.68 Å². The van der Waals surface area contributed by atoms with Crippen molar-refractivity contribution >= 4 is 5.91 Å². The average Bonchev–Trinajstić information content (AvgIpc) is 2.56. The lowest BCUT2D eigenvalue weighted by Gasteiger charge is -2.46. The molecule has 1 saturated heterocycles. The Morgan fingerprint density at radius 3 is 2.62 bits per heavy atom. The largest absolute Gasteiger partial charge is 0.334 e. The summed E-state index contributed by atoms with van der Waals surface area (Å²) < 4.78 is 1.20. The van der Waals surface area contributed by atoms with Gasteiger partial charge in [0, 0.05) is 45.3 Å². The van der Waals surface area contributed by atoms with E-state index in [1.807, 2.05) is 0 Å². The van der Waals surface area contributed by atoms with E-state index in [-0.39, 0.29) is 11.5 Å². The monoisotopic (exact) mass is 324 g/mol. The van der Waals surface area contributed by atoms with Crippen LogP contribution in [0.15, 0.2) is 41.2 Å². The molecule has 2 aliphatic rings. The van der Waals surface area contributed by atoms with Gasteiger partial charge in [-0.05, 0) is 23.6 Å². The lowest BCUT2D eigenvalue weighted by Crippen LogP contribution is -2.61. The Hall–Kier alpha value is -2.47. The van der Waals surface area contributed by atoms with Crippen molar-refractivity contribution in [3.8, 4) is 0 Å². The number of aromatic nitrogens is 2. The summed E-state index contributed by atoms with van der Waals surface area (Å²) in [5.74, 6) is -0.0979. The number of hydrogen-bond acceptors (Lipinski definition) is 4. The van der Waals surface area contributed by atoms with Crippen LogP contribution >= 0.6 is 0 Å². The highest BCUT2D eigenvalue weighted by molar-refractivity contribution is 5.92. The van der Waals surface area contributed by atoms with Gasteiger partial charge in [-0.2, -0.15) is 5.10 Å². The van der Waals surface area contributed by atoms with Crippen molar-refractivity contribution in [2.24, 2.45) is 7.05 Å². The van der Waals surface area contributed by atoms with E-state index in [1.54, 1.807) is 11.9 Å². The molecule has 0 spiro atoms. The van der Waals surface area contributed by atoms with Gasteiger partial charge in [0.15, 0.2) is 0 Å².